The maximum atomic E-state index is 11.7. The minimum Gasteiger partial charge on any atom is -0.382 e. The largest absolute Gasteiger partial charge is 0.382 e. The first-order valence-electron chi connectivity index (χ1n) is 7.34. The second-order valence-corrected chi connectivity index (χ2v) is 5.18. The lowest BCUT2D eigenvalue weighted by Gasteiger charge is -2.07. The highest BCUT2D eigenvalue weighted by Crippen LogP contribution is 2.22. The molecule has 7 nitrogen and oxygen atoms in total. The molecule has 0 radical (unpaired) electrons. The molecule has 0 amide bonds. The molecule has 0 aliphatic heterocycles. The number of nitrogens with two attached hydrogens (primary N) is 1. The summed E-state index contributed by atoms with van der Waals surface area (Å²) < 4.78 is 7.31. The lowest BCUT2D eigenvalue weighted by Crippen LogP contribution is -2.11. The molecule has 0 fully saturated rings. The summed E-state index contributed by atoms with van der Waals surface area (Å²) >= 11 is 0. The van der Waals surface area contributed by atoms with Gasteiger partial charge in [-0.15, -0.1) is 0 Å². The molecule has 0 aliphatic rings. The maximum Gasteiger partial charge on any atom is 0.269 e. The van der Waals surface area contributed by atoms with Gasteiger partial charge in [-0.3, -0.25) is 4.79 Å². The SMILES string of the molecule is CCOCCCn1c(N)nc2cc3[nH]c(=O)c(C)nc3cc21. The Labute approximate surface area is 127 Å². The number of aryl methyl sites for hydroxylation is 2. The number of fused-ring (bicyclic) bond motifs is 2. The summed E-state index contributed by atoms with van der Waals surface area (Å²) in [5.74, 6) is 0.459. The molecule has 3 N–H and O–H groups in total. The molecule has 7 heteroatoms. The van der Waals surface area contributed by atoms with Crippen LogP contribution in [0, 0.1) is 6.92 Å². The lowest BCUT2D eigenvalue weighted by molar-refractivity contribution is 0.142. The summed E-state index contributed by atoms with van der Waals surface area (Å²) in [6, 6.07) is 3.73. The summed E-state index contributed by atoms with van der Waals surface area (Å²) in [5.41, 5.74) is 9.34. The molecule has 0 bridgehead atoms. The van der Waals surface area contributed by atoms with Crippen molar-refractivity contribution in [3.05, 3.63) is 28.2 Å². The molecule has 3 rings (SSSR count). The van der Waals surface area contributed by atoms with E-state index in [2.05, 4.69) is 15.0 Å². The Balaban J connectivity index is 2.05. The smallest absolute Gasteiger partial charge is 0.269 e. The molecule has 0 atom stereocenters. The number of benzene rings is 1. The van der Waals surface area contributed by atoms with Gasteiger partial charge in [0.1, 0.15) is 5.69 Å². The van der Waals surface area contributed by atoms with Crippen molar-refractivity contribution in [2.75, 3.05) is 18.9 Å². The Hall–Kier alpha value is -2.41. The highest BCUT2D eigenvalue weighted by molar-refractivity contribution is 5.92. The molecule has 1 aromatic carbocycles. The summed E-state index contributed by atoms with van der Waals surface area (Å²) in [6.45, 7) is 5.80. The Morgan fingerprint density at radius 3 is 2.91 bits per heavy atom. The van der Waals surface area contributed by atoms with E-state index < -0.39 is 0 Å². The third kappa shape index (κ3) is 2.55. The highest BCUT2D eigenvalue weighted by atomic mass is 16.5. The standard InChI is InChI=1S/C15H19N5O2/c1-3-22-6-4-5-20-13-8-11-10(7-12(13)19-15(20)16)18-14(21)9(2)17-11/h7-8H,3-6H2,1-2H3,(H2,16,19)(H,18,21). The minimum absolute atomic E-state index is 0.184. The van der Waals surface area contributed by atoms with Crippen LogP contribution in [0.1, 0.15) is 19.0 Å². The number of nitrogen functional groups attached to an aromatic ring is 1. The van der Waals surface area contributed by atoms with Crippen molar-refractivity contribution < 1.29 is 4.74 Å². The fourth-order valence-corrected chi connectivity index (χ4v) is 2.52. The Morgan fingerprint density at radius 1 is 1.32 bits per heavy atom. The second kappa shape index (κ2) is 5.76. The summed E-state index contributed by atoms with van der Waals surface area (Å²) in [7, 11) is 0. The Morgan fingerprint density at radius 2 is 2.14 bits per heavy atom. The fraction of sp³-hybridized carbons (Fsp3) is 0.400. The van der Waals surface area contributed by atoms with Crippen molar-refractivity contribution >= 4 is 28.0 Å². The molecule has 116 valence electrons. The highest BCUT2D eigenvalue weighted by Gasteiger charge is 2.11. The quantitative estimate of drug-likeness (QED) is 0.697. The number of ether oxygens (including phenoxy) is 1. The van der Waals surface area contributed by atoms with Gasteiger partial charge in [-0.25, -0.2) is 9.97 Å². The molecule has 2 aromatic heterocycles. The van der Waals surface area contributed by atoms with Crippen molar-refractivity contribution in [2.24, 2.45) is 0 Å². The number of H-pyrrole nitrogens is 1. The predicted molar refractivity (Wildman–Crippen MR) is 85.9 cm³/mol. The molecular weight excluding hydrogens is 282 g/mol. The van der Waals surface area contributed by atoms with Crippen molar-refractivity contribution in [1.29, 1.82) is 0 Å². The van der Waals surface area contributed by atoms with Crippen molar-refractivity contribution in [1.82, 2.24) is 19.5 Å². The zero-order valence-electron chi connectivity index (χ0n) is 12.7. The third-order valence-electron chi connectivity index (χ3n) is 3.63. The van der Waals surface area contributed by atoms with Crippen LogP contribution in [-0.4, -0.2) is 32.7 Å². The van der Waals surface area contributed by atoms with Crippen LogP contribution in [0.5, 0.6) is 0 Å². The number of rotatable bonds is 5. The summed E-state index contributed by atoms with van der Waals surface area (Å²) in [5, 5.41) is 0. The van der Waals surface area contributed by atoms with Crippen LogP contribution in [0.3, 0.4) is 0 Å². The normalized spacial score (nSPS) is 11.5. The Bertz CT molecular complexity index is 881. The van der Waals surface area contributed by atoms with E-state index in [1.165, 1.54) is 0 Å². The van der Waals surface area contributed by atoms with Gasteiger partial charge in [-0.05, 0) is 32.4 Å². The monoisotopic (exact) mass is 301 g/mol. The van der Waals surface area contributed by atoms with E-state index >= 15 is 0 Å². The predicted octanol–water partition coefficient (Wildman–Crippen LogP) is 1.59. The van der Waals surface area contributed by atoms with Crippen LogP contribution in [-0.2, 0) is 11.3 Å². The average molecular weight is 301 g/mol. The van der Waals surface area contributed by atoms with Crippen molar-refractivity contribution in [3.8, 4) is 0 Å². The van der Waals surface area contributed by atoms with Crippen LogP contribution in [0.4, 0.5) is 5.95 Å². The fourth-order valence-electron chi connectivity index (χ4n) is 2.52. The van der Waals surface area contributed by atoms with E-state index in [9.17, 15) is 4.79 Å². The van der Waals surface area contributed by atoms with Gasteiger partial charge in [0, 0.05) is 19.8 Å². The lowest BCUT2D eigenvalue weighted by atomic mass is 10.2. The molecule has 0 unspecified atom stereocenters. The van der Waals surface area contributed by atoms with Gasteiger partial charge in [-0.1, -0.05) is 0 Å². The summed E-state index contributed by atoms with van der Waals surface area (Å²) in [6.07, 6.45) is 0.861. The molecule has 3 aromatic rings. The molecule has 22 heavy (non-hydrogen) atoms. The van der Waals surface area contributed by atoms with Crippen LogP contribution >= 0.6 is 0 Å². The van der Waals surface area contributed by atoms with Gasteiger partial charge in [0.25, 0.3) is 5.56 Å². The van der Waals surface area contributed by atoms with Gasteiger partial charge in [0.05, 0.1) is 22.1 Å². The van der Waals surface area contributed by atoms with E-state index in [1.54, 1.807) is 6.92 Å². The van der Waals surface area contributed by atoms with Crippen molar-refractivity contribution in [2.45, 2.75) is 26.8 Å². The van der Waals surface area contributed by atoms with E-state index in [4.69, 9.17) is 10.5 Å². The van der Waals surface area contributed by atoms with Gasteiger partial charge in [-0.2, -0.15) is 0 Å². The third-order valence-corrected chi connectivity index (χ3v) is 3.63. The van der Waals surface area contributed by atoms with E-state index in [0.717, 1.165) is 29.5 Å². The van der Waals surface area contributed by atoms with Gasteiger partial charge >= 0.3 is 0 Å². The topological polar surface area (TPSA) is 98.8 Å². The number of anilines is 1. The first kappa shape index (κ1) is 14.5. The molecule has 0 saturated carbocycles. The number of aromatic nitrogens is 4. The minimum atomic E-state index is -0.184. The molecule has 0 aliphatic carbocycles. The molecular formula is C15H19N5O2. The van der Waals surface area contributed by atoms with Crippen LogP contribution in [0.25, 0.3) is 22.1 Å². The van der Waals surface area contributed by atoms with E-state index in [0.29, 0.717) is 30.4 Å². The maximum absolute atomic E-state index is 11.7. The first-order chi connectivity index (χ1) is 10.6. The van der Waals surface area contributed by atoms with Gasteiger partial charge in [0.15, 0.2) is 0 Å². The van der Waals surface area contributed by atoms with Crippen molar-refractivity contribution in [3.63, 3.8) is 0 Å². The van der Waals surface area contributed by atoms with Crippen LogP contribution in [0.15, 0.2) is 16.9 Å². The van der Waals surface area contributed by atoms with Crippen LogP contribution in [0.2, 0.25) is 0 Å². The number of imidazole rings is 1. The zero-order chi connectivity index (χ0) is 15.7. The summed E-state index contributed by atoms with van der Waals surface area (Å²) in [4.78, 5) is 23.2. The zero-order valence-corrected chi connectivity index (χ0v) is 12.7. The number of nitrogens with zero attached hydrogens (tertiary/aromatic N) is 3. The average Bonchev–Trinajstić information content (AvgIpc) is 2.78. The van der Waals surface area contributed by atoms with Gasteiger partial charge < -0.3 is 20.0 Å². The molecule has 0 saturated heterocycles. The molecule has 0 spiro atoms. The first-order valence-corrected chi connectivity index (χ1v) is 7.34. The van der Waals surface area contributed by atoms with Crippen LogP contribution < -0.4 is 11.3 Å². The van der Waals surface area contributed by atoms with E-state index in [1.807, 2.05) is 23.6 Å². The number of hydrogen-bond donors (Lipinski definition) is 2. The number of hydrogen-bond acceptors (Lipinski definition) is 5. The second-order valence-electron chi connectivity index (χ2n) is 5.18. The van der Waals surface area contributed by atoms with Gasteiger partial charge in [0.2, 0.25) is 5.95 Å². The molecule has 2 heterocycles. The number of aromatic amines is 1. The Kier molecular flexibility index (Phi) is 3.81. The van der Waals surface area contributed by atoms with E-state index in [-0.39, 0.29) is 5.56 Å². The number of nitrogens with one attached hydrogen (secondary N) is 1.